The maximum Gasteiger partial charge on any atom is 0.0832 e. The summed E-state index contributed by atoms with van der Waals surface area (Å²) in [5.41, 5.74) is 5.28. The van der Waals surface area contributed by atoms with E-state index in [1.165, 1.54) is 5.56 Å². The van der Waals surface area contributed by atoms with Gasteiger partial charge in [0.25, 0.3) is 0 Å². The first-order valence-electron chi connectivity index (χ1n) is 5.19. The molecule has 0 aliphatic rings. The molecule has 3 N–H and O–H groups in total. The maximum atomic E-state index is 5.61. The van der Waals surface area contributed by atoms with Crippen LogP contribution in [0.25, 0.3) is 0 Å². The van der Waals surface area contributed by atoms with Crippen LogP contribution in [-0.2, 0) is 4.74 Å². The van der Waals surface area contributed by atoms with E-state index < -0.39 is 0 Å². The lowest BCUT2D eigenvalue weighted by atomic mass is 10.0. The Morgan fingerprint density at radius 3 is 2.27 bits per heavy atom. The van der Waals surface area contributed by atoms with Gasteiger partial charge >= 0.3 is 0 Å². The lowest BCUT2D eigenvalue weighted by Crippen LogP contribution is -3.00. The molecule has 0 fully saturated rings. The van der Waals surface area contributed by atoms with Crippen LogP contribution in [0.2, 0.25) is 0 Å². The molecule has 0 heterocycles. The van der Waals surface area contributed by atoms with Crippen molar-refractivity contribution in [3.8, 4) is 0 Å². The van der Waals surface area contributed by atoms with E-state index >= 15 is 0 Å². The molecule has 0 spiro atoms. The summed E-state index contributed by atoms with van der Waals surface area (Å²) in [6.45, 7) is 5.78. The molecule has 1 unspecified atom stereocenters. The third-order valence-corrected chi connectivity index (χ3v) is 2.25. The fourth-order valence-electron chi connectivity index (χ4n) is 1.38. The molecule has 2 nitrogen and oxygen atoms in total. The maximum absolute atomic E-state index is 5.61. The van der Waals surface area contributed by atoms with Crippen LogP contribution in [0.15, 0.2) is 30.3 Å². The summed E-state index contributed by atoms with van der Waals surface area (Å²) >= 11 is 0. The van der Waals surface area contributed by atoms with Crippen molar-refractivity contribution in [3.05, 3.63) is 35.9 Å². The van der Waals surface area contributed by atoms with Crippen LogP contribution >= 0.6 is 0 Å². The van der Waals surface area contributed by atoms with Crippen LogP contribution in [0.3, 0.4) is 0 Å². The molecule has 15 heavy (non-hydrogen) atoms. The van der Waals surface area contributed by atoms with Crippen molar-refractivity contribution in [2.75, 3.05) is 13.2 Å². The predicted octanol–water partition coefficient (Wildman–Crippen LogP) is -1.56. The number of benzene rings is 1. The topological polar surface area (TPSA) is 36.9 Å². The number of halogens is 1. The van der Waals surface area contributed by atoms with Crippen LogP contribution in [0.1, 0.15) is 25.3 Å². The first kappa shape index (κ1) is 14.4. The van der Waals surface area contributed by atoms with Gasteiger partial charge in [-0.05, 0) is 19.4 Å². The van der Waals surface area contributed by atoms with E-state index in [0.29, 0.717) is 12.0 Å². The van der Waals surface area contributed by atoms with E-state index in [2.05, 4.69) is 43.8 Å². The minimum atomic E-state index is 0. The molecule has 0 amide bonds. The van der Waals surface area contributed by atoms with E-state index in [9.17, 15) is 0 Å². The van der Waals surface area contributed by atoms with Crippen molar-refractivity contribution < 1.29 is 22.9 Å². The van der Waals surface area contributed by atoms with Crippen LogP contribution in [0.5, 0.6) is 0 Å². The van der Waals surface area contributed by atoms with Gasteiger partial charge in [0.1, 0.15) is 0 Å². The van der Waals surface area contributed by atoms with E-state index in [4.69, 9.17) is 4.74 Å². The molecule has 0 aliphatic carbocycles. The summed E-state index contributed by atoms with van der Waals surface area (Å²) in [7, 11) is 0. The quantitative estimate of drug-likeness (QED) is 0.652. The standard InChI is InChI=1S/C12H19NO.ClH/c1-10(2)14-9-12(8-13)11-6-4-3-5-7-11;/h3-7,10,12H,8-9,13H2,1-2H3;1H. The molecule has 1 atom stereocenters. The summed E-state index contributed by atoms with van der Waals surface area (Å²) in [5.74, 6) is 0.429. The van der Waals surface area contributed by atoms with E-state index in [0.717, 1.165) is 13.2 Å². The van der Waals surface area contributed by atoms with Crippen LogP contribution in [-0.4, -0.2) is 19.3 Å². The molecular weight excluding hydrogens is 210 g/mol. The van der Waals surface area contributed by atoms with Crippen molar-refractivity contribution in [2.24, 2.45) is 0 Å². The molecule has 86 valence electrons. The van der Waals surface area contributed by atoms with Crippen molar-refractivity contribution >= 4 is 0 Å². The van der Waals surface area contributed by atoms with Crippen molar-refractivity contribution in [1.29, 1.82) is 0 Å². The van der Waals surface area contributed by atoms with Gasteiger partial charge in [-0.1, -0.05) is 30.3 Å². The van der Waals surface area contributed by atoms with Gasteiger partial charge in [0.15, 0.2) is 0 Å². The van der Waals surface area contributed by atoms with E-state index in [-0.39, 0.29) is 12.4 Å². The Morgan fingerprint density at radius 1 is 1.20 bits per heavy atom. The lowest BCUT2D eigenvalue weighted by Gasteiger charge is -2.15. The van der Waals surface area contributed by atoms with Crippen LogP contribution in [0.4, 0.5) is 0 Å². The largest absolute Gasteiger partial charge is 1.00 e. The molecule has 3 heteroatoms. The Kier molecular flexibility index (Phi) is 7.39. The Bertz CT molecular complexity index is 251. The number of ether oxygens (including phenoxy) is 1. The van der Waals surface area contributed by atoms with Gasteiger partial charge in [0.2, 0.25) is 0 Å². The molecule has 0 saturated carbocycles. The highest BCUT2D eigenvalue weighted by atomic mass is 35.5. The summed E-state index contributed by atoms with van der Waals surface area (Å²) in [6.07, 6.45) is 0.299. The molecule has 0 radical (unpaired) electrons. The normalized spacial score (nSPS) is 12.3. The summed E-state index contributed by atoms with van der Waals surface area (Å²) in [5, 5.41) is 0. The summed E-state index contributed by atoms with van der Waals surface area (Å²) < 4.78 is 5.61. The molecule has 1 aromatic carbocycles. The third-order valence-electron chi connectivity index (χ3n) is 2.25. The second-order valence-corrected chi connectivity index (χ2v) is 3.78. The molecule has 0 aromatic heterocycles. The fourth-order valence-corrected chi connectivity index (χ4v) is 1.38. The zero-order chi connectivity index (χ0) is 10.4. The van der Waals surface area contributed by atoms with Gasteiger partial charge in [-0.2, -0.15) is 0 Å². The Balaban J connectivity index is 0.00000196. The van der Waals surface area contributed by atoms with Crippen molar-refractivity contribution in [1.82, 2.24) is 0 Å². The zero-order valence-electron chi connectivity index (χ0n) is 9.45. The van der Waals surface area contributed by atoms with Crippen molar-refractivity contribution in [2.45, 2.75) is 25.9 Å². The molecule has 0 aliphatic heterocycles. The van der Waals surface area contributed by atoms with Crippen LogP contribution in [0, 0.1) is 0 Å². The zero-order valence-corrected chi connectivity index (χ0v) is 10.2. The number of rotatable bonds is 5. The fraction of sp³-hybridized carbons (Fsp3) is 0.500. The highest BCUT2D eigenvalue weighted by Gasteiger charge is 2.11. The molecule has 0 saturated heterocycles. The smallest absolute Gasteiger partial charge is 0.0832 e. The lowest BCUT2D eigenvalue weighted by molar-refractivity contribution is -0.374. The Morgan fingerprint density at radius 2 is 1.80 bits per heavy atom. The van der Waals surface area contributed by atoms with E-state index in [1.807, 2.05) is 6.07 Å². The predicted molar refractivity (Wildman–Crippen MR) is 58.0 cm³/mol. The molecule has 1 rings (SSSR count). The number of hydrogen-bond acceptors (Lipinski definition) is 1. The highest BCUT2D eigenvalue weighted by molar-refractivity contribution is 5.19. The highest BCUT2D eigenvalue weighted by Crippen LogP contribution is 2.14. The van der Waals surface area contributed by atoms with Crippen LogP contribution < -0.4 is 18.1 Å². The number of quaternary nitrogens is 1. The average Bonchev–Trinajstić information content (AvgIpc) is 2.20. The Labute approximate surface area is 98.2 Å². The summed E-state index contributed by atoms with van der Waals surface area (Å²) in [4.78, 5) is 0. The van der Waals surface area contributed by atoms with Gasteiger partial charge in [-0.15, -0.1) is 0 Å². The van der Waals surface area contributed by atoms with Crippen molar-refractivity contribution in [3.63, 3.8) is 0 Å². The second kappa shape index (κ2) is 7.69. The first-order chi connectivity index (χ1) is 6.74. The second-order valence-electron chi connectivity index (χ2n) is 3.78. The minimum absolute atomic E-state index is 0. The van der Waals surface area contributed by atoms with Gasteiger partial charge < -0.3 is 22.9 Å². The average molecular weight is 230 g/mol. The van der Waals surface area contributed by atoms with E-state index in [1.54, 1.807) is 0 Å². The third kappa shape index (κ3) is 5.17. The molecular formula is C12H20ClNO. The van der Waals surface area contributed by atoms with Gasteiger partial charge in [0, 0.05) is 0 Å². The molecule has 1 aromatic rings. The minimum Gasteiger partial charge on any atom is -1.00 e. The van der Waals surface area contributed by atoms with Gasteiger partial charge in [0.05, 0.1) is 25.2 Å². The monoisotopic (exact) mass is 229 g/mol. The Hall–Kier alpha value is -0.570. The first-order valence-corrected chi connectivity index (χ1v) is 5.19. The van der Waals surface area contributed by atoms with Gasteiger partial charge in [-0.3, -0.25) is 0 Å². The summed E-state index contributed by atoms with van der Waals surface area (Å²) in [6, 6.07) is 10.4. The number of hydrogen-bond donors (Lipinski definition) is 1. The van der Waals surface area contributed by atoms with Gasteiger partial charge in [-0.25, -0.2) is 0 Å². The SMILES string of the molecule is CC(C)OCC(C[NH3+])c1ccccc1.[Cl-]. The molecule has 0 bridgehead atoms.